The predicted octanol–water partition coefficient (Wildman–Crippen LogP) is 3.45. The lowest BCUT2D eigenvalue weighted by molar-refractivity contribution is -0.121. The minimum atomic E-state index is -0.838. The number of anilines is 1. The highest BCUT2D eigenvalue weighted by atomic mass is 16.2. The van der Waals surface area contributed by atoms with Crippen LogP contribution >= 0.6 is 0 Å². The number of benzene rings is 1. The van der Waals surface area contributed by atoms with E-state index in [1.54, 1.807) is 6.92 Å². The van der Waals surface area contributed by atoms with Crippen molar-refractivity contribution in [3.8, 4) is 6.07 Å². The zero-order valence-corrected chi connectivity index (χ0v) is 14.4. The molecule has 0 aliphatic carbocycles. The Kier molecular flexibility index (Phi) is 5.59. The molecule has 0 radical (unpaired) electrons. The van der Waals surface area contributed by atoms with E-state index < -0.39 is 5.54 Å². The Labute approximate surface area is 133 Å². The van der Waals surface area contributed by atoms with Gasteiger partial charge in [-0.3, -0.25) is 4.79 Å². The third-order valence-corrected chi connectivity index (χ3v) is 3.99. The maximum Gasteiger partial charge on any atom is 0.240 e. The molecule has 2 N–H and O–H groups in total. The molecule has 1 aromatic rings. The van der Waals surface area contributed by atoms with Crippen molar-refractivity contribution in [2.24, 2.45) is 5.92 Å². The quantitative estimate of drug-likeness (QED) is 0.875. The summed E-state index contributed by atoms with van der Waals surface area (Å²) in [7, 11) is 0. The van der Waals surface area contributed by atoms with Gasteiger partial charge in [-0.1, -0.05) is 46.8 Å². The molecule has 4 heteroatoms. The lowest BCUT2D eigenvalue weighted by Crippen LogP contribution is -2.50. The van der Waals surface area contributed by atoms with Crippen LogP contribution in [-0.2, 0) is 10.2 Å². The summed E-state index contributed by atoms with van der Waals surface area (Å²) in [4.78, 5) is 12.0. The van der Waals surface area contributed by atoms with Crippen LogP contribution in [0, 0.1) is 17.2 Å². The van der Waals surface area contributed by atoms with Crippen molar-refractivity contribution in [1.82, 2.24) is 5.32 Å². The molecule has 0 spiro atoms. The third-order valence-electron chi connectivity index (χ3n) is 3.99. The highest BCUT2D eigenvalue weighted by Gasteiger charge is 2.29. The van der Waals surface area contributed by atoms with Gasteiger partial charge in [-0.15, -0.1) is 0 Å². The molecule has 0 saturated heterocycles. The second-order valence-electron chi connectivity index (χ2n) is 7.20. The van der Waals surface area contributed by atoms with Gasteiger partial charge >= 0.3 is 0 Å². The average molecular weight is 301 g/mol. The number of carbonyl (C=O) groups is 1. The van der Waals surface area contributed by atoms with Crippen LogP contribution < -0.4 is 10.6 Å². The Morgan fingerprint density at radius 1 is 1.18 bits per heavy atom. The van der Waals surface area contributed by atoms with Gasteiger partial charge in [0.25, 0.3) is 0 Å². The van der Waals surface area contributed by atoms with Crippen LogP contribution in [0.1, 0.15) is 47.1 Å². The summed E-state index contributed by atoms with van der Waals surface area (Å²) < 4.78 is 0. The Balaban J connectivity index is 2.60. The molecule has 0 fully saturated rings. The lowest BCUT2D eigenvalue weighted by Gasteiger charge is -2.27. The smallest absolute Gasteiger partial charge is 0.240 e. The molecule has 1 aromatic carbocycles. The molecule has 0 aliphatic rings. The second kappa shape index (κ2) is 6.83. The number of rotatable bonds is 5. The van der Waals surface area contributed by atoms with Gasteiger partial charge in [-0.2, -0.15) is 5.26 Å². The van der Waals surface area contributed by atoms with E-state index in [9.17, 15) is 10.1 Å². The molecule has 0 saturated carbocycles. The standard InChI is InChI=1S/C18H27N3O/c1-13(2)18(6,12-19)21-16(22)11-20-15-9-7-14(8-10-15)17(3,4)5/h7-10,13,20H,11H2,1-6H3,(H,21,22)/t18-/m0/s1. The zero-order chi connectivity index (χ0) is 17.0. The van der Waals surface area contributed by atoms with Crippen LogP contribution in [-0.4, -0.2) is 18.0 Å². The fourth-order valence-electron chi connectivity index (χ4n) is 1.91. The zero-order valence-electron chi connectivity index (χ0n) is 14.4. The number of hydrogen-bond donors (Lipinski definition) is 2. The summed E-state index contributed by atoms with van der Waals surface area (Å²) in [5.74, 6) is -0.134. The fraction of sp³-hybridized carbons (Fsp3) is 0.556. The summed E-state index contributed by atoms with van der Waals surface area (Å²) in [6.07, 6.45) is 0. The Morgan fingerprint density at radius 2 is 1.73 bits per heavy atom. The monoisotopic (exact) mass is 301 g/mol. The van der Waals surface area contributed by atoms with E-state index in [1.165, 1.54) is 5.56 Å². The highest BCUT2D eigenvalue weighted by molar-refractivity contribution is 5.81. The molecule has 0 aromatic heterocycles. The van der Waals surface area contributed by atoms with E-state index in [0.717, 1.165) is 5.69 Å². The molecule has 1 atom stereocenters. The van der Waals surface area contributed by atoms with E-state index >= 15 is 0 Å². The van der Waals surface area contributed by atoms with Gasteiger partial charge in [-0.05, 0) is 36.0 Å². The van der Waals surface area contributed by atoms with Gasteiger partial charge in [0.15, 0.2) is 0 Å². The van der Waals surface area contributed by atoms with Crippen LogP contribution in [0.4, 0.5) is 5.69 Å². The van der Waals surface area contributed by atoms with Crippen molar-refractivity contribution in [3.05, 3.63) is 29.8 Å². The molecular weight excluding hydrogens is 274 g/mol. The number of hydrogen-bond acceptors (Lipinski definition) is 3. The van der Waals surface area contributed by atoms with E-state index in [-0.39, 0.29) is 23.8 Å². The van der Waals surface area contributed by atoms with Gasteiger partial charge in [0.05, 0.1) is 12.6 Å². The topological polar surface area (TPSA) is 64.9 Å². The van der Waals surface area contributed by atoms with Gasteiger partial charge in [0.1, 0.15) is 5.54 Å². The largest absolute Gasteiger partial charge is 0.376 e. The van der Waals surface area contributed by atoms with Crippen molar-refractivity contribution < 1.29 is 4.79 Å². The summed E-state index contributed by atoms with van der Waals surface area (Å²) >= 11 is 0. The molecule has 0 unspecified atom stereocenters. The number of nitrogens with zero attached hydrogens (tertiary/aromatic N) is 1. The summed E-state index contributed by atoms with van der Waals surface area (Å²) in [6, 6.07) is 10.2. The first-order valence-corrected chi connectivity index (χ1v) is 7.65. The van der Waals surface area contributed by atoms with E-state index in [4.69, 9.17) is 0 Å². The van der Waals surface area contributed by atoms with Crippen molar-refractivity contribution >= 4 is 11.6 Å². The fourth-order valence-corrected chi connectivity index (χ4v) is 1.91. The molecular formula is C18H27N3O. The van der Waals surface area contributed by atoms with E-state index in [2.05, 4.69) is 49.6 Å². The molecule has 0 bridgehead atoms. The molecule has 0 aliphatic heterocycles. The van der Waals surface area contributed by atoms with Gasteiger partial charge in [0, 0.05) is 5.69 Å². The molecule has 120 valence electrons. The molecule has 4 nitrogen and oxygen atoms in total. The van der Waals surface area contributed by atoms with Gasteiger partial charge in [0.2, 0.25) is 5.91 Å². The van der Waals surface area contributed by atoms with Crippen molar-refractivity contribution in [2.75, 3.05) is 11.9 Å². The van der Waals surface area contributed by atoms with E-state index in [1.807, 2.05) is 26.0 Å². The first-order valence-electron chi connectivity index (χ1n) is 7.65. The third kappa shape index (κ3) is 4.77. The van der Waals surface area contributed by atoms with Crippen LogP contribution in [0.25, 0.3) is 0 Å². The average Bonchev–Trinajstić information content (AvgIpc) is 2.44. The first kappa shape index (κ1) is 18.0. The Bertz CT molecular complexity index is 549. The van der Waals surface area contributed by atoms with Gasteiger partial charge in [-0.25, -0.2) is 0 Å². The minimum Gasteiger partial charge on any atom is -0.376 e. The molecule has 0 heterocycles. The van der Waals surface area contributed by atoms with Gasteiger partial charge < -0.3 is 10.6 Å². The minimum absolute atomic E-state index is 0.0486. The van der Waals surface area contributed by atoms with Crippen molar-refractivity contribution in [1.29, 1.82) is 5.26 Å². The number of carbonyl (C=O) groups excluding carboxylic acids is 1. The van der Waals surface area contributed by atoms with Crippen LogP contribution in [0.2, 0.25) is 0 Å². The lowest BCUT2D eigenvalue weighted by atomic mass is 9.87. The van der Waals surface area contributed by atoms with Crippen LogP contribution in [0.5, 0.6) is 0 Å². The first-order chi connectivity index (χ1) is 10.1. The normalized spacial score (nSPS) is 14.1. The molecule has 1 rings (SSSR count). The second-order valence-corrected chi connectivity index (χ2v) is 7.20. The number of nitriles is 1. The Hall–Kier alpha value is -2.02. The number of amides is 1. The summed E-state index contributed by atoms with van der Waals surface area (Å²) in [6.45, 7) is 12.2. The van der Waals surface area contributed by atoms with Crippen LogP contribution in [0.3, 0.4) is 0 Å². The van der Waals surface area contributed by atoms with Crippen molar-refractivity contribution in [3.63, 3.8) is 0 Å². The maximum atomic E-state index is 12.0. The summed E-state index contributed by atoms with van der Waals surface area (Å²) in [5, 5.41) is 15.1. The maximum absolute atomic E-state index is 12.0. The number of nitrogens with one attached hydrogen (secondary N) is 2. The highest BCUT2D eigenvalue weighted by Crippen LogP contribution is 2.23. The predicted molar refractivity (Wildman–Crippen MR) is 90.6 cm³/mol. The molecule has 22 heavy (non-hydrogen) atoms. The summed E-state index contributed by atoms with van der Waals surface area (Å²) in [5.41, 5.74) is 1.42. The van der Waals surface area contributed by atoms with Crippen molar-refractivity contribution in [2.45, 2.75) is 52.5 Å². The Morgan fingerprint density at radius 3 is 2.14 bits per heavy atom. The SMILES string of the molecule is CC(C)[C@](C)(C#N)NC(=O)CNc1ccc(C(C)(C)C)cc1. The van der Waals surface area contributed by atoms with E-state index in [0.29, 0.717) is 0 Å². The molecule has 1 amide bonds. The van der Waals surface area contributed by atoms with Crippen LogP contribution in [0.15, 0.2) is 24.3 Å².